The molecule has 0 fully saturated rings. The minimum Gasteiger partial charge on any atom is -0.293 e. The molecule has 2 aromatic carbocycles. The lowest BCUT2D eigenvalue weighted by molar-refractivity contribution is -0.384. The van der Waals surface area contributed by atoms with Crippen LogP contribution >= 0.6 is 34.7 Å². The maximum atomic E-state index is 12.6. The minimum absolute atomic E-state index is 0.0668. The lowest BCUT2D eigenvalue weighted by Gasteiger charge is -2.09. The van der Waals surface area contributed by atoms with Crippen molar-refractivity contribution in [3.63, 3.8) is 0 Å². The van der Waals surface area contributed by atoms with E-state index in [0.29, 0.717) is 16.0 Å². The third-order valence-corrected chi connectivity index (χ3v) is 6.22. The summed E-state index contributed by atoms with van der Waals surface area (Å²) in [6.07, 6.45) is 0. The summed E-state index contributed by atoms with van der Waals surface area (Å²) >= 11 is 8.78. The molecule has 0 saturated carbocycles. The number of ketones is 1. The van der Waals surface area contributed by atoms with Gasteiger partial charge in [0.15, 0.2) is 16.8 Å². The molecule has 0 spiro atoms. The summed E-state index contributed by atoms with van der Waals surface area (Å²) in [5.74, 6) is 0.502. The van der Waals surface area contributed by atoms with Crippen molar-refractivity contribution in [1.29, 1.82) is 0 Å². The zero-order valence-electron chi connectivity index (χ0n) is 15.3. The molecule has 0 aliphatic carbocycles. The van der Waals surface area contributed by atoms with Crippen molar-refractivity contribution in [3.8, 4) is 16.4 Å². The normalized spacial score (nSPS) is 10.8. The van der Waals surface area contributed by atoms with Crippen LogP contribution in [0.3, 0.4) is 0 Å². The van der Waals surface area contributed by atoms with Crippen molar-refractivity contribution >= 4 is 46.2 Å². The number of carbonyl (C=O) groups is 1. The van der Waals surface area contributed by atoms with E-state index in [1.807, 2.05) is 34.2 Å². The Bertz CT molecular complexity index is 1210. The van der Waals surface area contributed by atoms with Gasteiger partial charge in [0.2, 0.25) is 0 Å². The molecule has 0 unspecified atom stereocenters. The first-order valence-electron chi connectivity index (χ1n) is 8.68. The largest absolute Gasteiger partial charge is 0.293 e. The maximum absolute atomic E-state index is 12.6. The van der Waals surface area contributed by atoms with Crippen LogP contribution in [-0.4, -0.2) is 31.2 Å². The van der Waals surface area contributed by atoms with Crippen molar-refractivity contribution in [1.82, 2.24) is 14.8 Å². The molecule has 4 rings (SSSR count). The van der Waals surface area contributed by atoms with Crippen LogP contribution < -0.4 is 0 Å². The van der Waals surface area contributed by atoms with Crippen molar-refractivity contribution in [2.45, 2.75) is 5.16 Å². The molecule has 0 radical (unpaired) electrons. The molecule has 0 amide bonds. The van der Waals surface area contributed by atoms with E-state index < -0.39 is 4.92 Å². The second-order valence-corrected chi connectivity index (χ2v) is 8.44. The average molecular weight is 457 g/mol. The zero-order valence-corrected chi connectivity index (χ0v) is 17.7. The molecule has 4 aromatic rings. The van der Waals surface area contributed by atoms with Crippen LogP contribution in [0, 0.1) is 10.1 Å². The first-order valence-corrected chi connectivity index (χ1v) is 10.9. The van der Waals surface area contributed by atoms with Gasteiger partial charge in [-0.05, 0) is 35.7 Å². The number of thioether (sulfide) groups is 1. The van der Waals surface area contributed by atoms with E-state index in [2.05, 4.69) is 10.2 Å². The molecular formula is C20H13ClN4O3S2. The Kier molecular flexibility index (Phi) is 5.93. The third kappa shape index (κ3) is 4.28. The van der Waals surface area contributed by atoms with Crippen LogP contribution in [0.15, 0.2) is 71.2 Å². The van der Waals surface area contributed by atoms with Gasteiger partial charge in [-0.1, -0.05) is 41.6 Å². The van der Waals surface area contributed by atoms with Crippen molar-refractivity contribution in [2.24, 2.45) is 0 Å². The number of halogens is 1. The summed E-state index contributed by atoms with van der Waals surface area (Å²) in [5, 5.41) is 22.6. The number of aromatic nitrogens is 3. The fourth-order valence-electron chi connectivity index (χ4n) is 2.76. The van der Waals surface area contributed by atoms with Gasteiger partial charge in [-0.3, -0.25) is 19.5 Å². The van der Waals surface area contributed by atoms with E-state index >= 15 is 0 Å². The number of benzene rings is 2. The molecule has 0 saturated heterocycles. The highest BCUT2D eigenvalue weighted by atomic mass is 35.5. The summed E-state index contributed by atoms with van der Waals surface area (Å²) in [5.41, 5.74) is 0.987. The number of nitrogens with zero attached hydrogens (tertiary/aromatic N) is 4. The molecule has 0 N–H and O–H groups in total. The van der Waals surface area contributed by atoms with Crippen LogP contribution in [-0.2, 0) is 0 Å². The van der Waals surface area contributed by atoms with Crippen molar-refractivity contribution in [2.75, 3.05) is 5.75 Å². The number of non-ortho nitro benzene ring substituents is 1. The lowest BCUT2D eigenvalue weighted by atomic mass is 10.1. The number of nitro groups is 1. The van der Waals surface area contributed by atoms with Gasteiger partial charge >= 0.3 is 0 Å². The van der Waals surface area contributed by atoms with E-state index in [9.17, 15) is 14.9 Å². The van der Waals surface area contributed by atoms with E-state index in [1.165, 1.54) is 41.3 Å². The lowest BCUT2D eigenvalue weighted by Crippen LogP contribution is -2.05. The van der Waals surface area contributed by atoms with Gasteiger partial charge < -0.3 is 0 Å². The van der Waals surface area contributed by atoms with Crippen molar-refractivity contribution < 1.29 is 9.72 Å². The Balaban J connectivity index is 1.63. The fraction of sp³-hybridized carbons (Fsp3) is 0.0500. The van der Waals surface area contributed by atoms with Gasteiger partial charge in [0, 0.05) is 28.4 Å². The second-order valence-electron chi connectivity index (χ2n) is 6.11. The monoisotopic (exact) mass is 456 g/mol. The Hall–Kier alpha value is -3.01. The summed E-state index contributed by atoms with van der Waals surface area (Å²) in [6.45, 7) is 0. The highest BCUT2D eigenvalue weighted by molar-refractivity contribution is 7.99. The number of hydrogen-bond donors (Lipinski definition) is 0. The fourth-order valence-corrected chi connectivity index (χ4v) is 4.43. The van der Waals surface area contributed by atoms with Gasteiger partial charge in [0.25, 0.3) is 5.69 Å². The quantitative estimate of drug-likeness (QED) is 0.157. The Labute approximate surface area is 184 Å². The Morgan fingerprint density at radius 3 is 2.63 bits per heavy atom. The molecule has 7 nitrogen and oxygen atoms in total. The summed E-state index contributed by atoms with van der Waals surface area (Å²) in [7, 11) is 0. The average Bonchev–Trinajstić information content (AvgIpc) is 3.42. The van der Waals surface area contributed by atoms with Crippen LogP contribution in [0.2, 0.25) is 5.02 Å². The van der Waals surface area contributed by atoms with Gasteiger partial charge in [-0.2, -0.15) is 0 Å². The summed E-state index contributed by atoms with van der Waals surface area (Å²) in [6, 6.07) is 16.8. The molecule has 0 bridgehead atoms. The van der Waals surface area contributed by atoms with Gasteiger partial charge in [0.1, 0.15) is 0 Å². The first-order chi connectivity index (χ1) is 14.5. The van der Waals surface area contributed by atoms with Gasteiger partial charge in [-0.25, -0.2) is 0 Å². The molecule has 0 aliphatic heterocycles. The molecule has 2 aromatic heterocycles. The highest BCUT2D eigenvalue weighted by Crippen LogP contribution is 2.31. The number of carbonyl (C=O) groups excluding carboxylic acids is 1. The highest BCUT2D eigenvalue weighted by Gasteiger charge is 2.19. The maximum Gasteiger partial charge on any atom is 0.270 e. The molecule has 0 aliphatic rings. The number of nitro benzene ring substituents is 1. The van der Waals surface area contributed by atoms with Gasteiger partial charge in [0.05, 0.1) is 15.6 Å². The topological polar surface area (TPSA) is 90.9 Å². The zero-order chi connectivity index (χ0) is 21.1. The molecule has 30 heavy (non-hydrogen) atoms. The van der Waals surface area contributed by atoms with Gasteiger partial charge in [-0.15, -0.1) is 21.5 Å². The first kappa shape index (κ1) is 20.3. The third-order valence-electron chi connectivity index (χ3n) is 4.17. The number of rotatable bonds is 7. The molecular weight excluding hydrogens is 444 g/mol. The van der Waals surface area contributed by atoms with Crippen LogP contribution in [0.25, 0.3) is 16.4 Å². The number of hydrogen-bond acceptors (Lipinski definition) is 7. The number of Topliss-reactive ketones (excluding diaryl/α,β-unsaturated/α-hetero) is 1. The predicted molar refractivity (Wildman–Crippen MR) is 118 cm³/mol. The smallest absolute Gasteiger partial charge is 0.270 e. The molecule has 150 valence electrons. The number of thiophene rings is 1. The van der Waals surface area contributed by atoms with E-state index in [-0.39, 0.29) is 22.8 Å². The Morgan fingerprint density at radius 2 is 1.93 bits per heavy atom. The Morgan fingerprint density at radius 1 is 1.13 bits per heavy atom. The summed E-state index contributed by atoms with van der Waals surface area (Å²) in [4.78, 5) is 24.0. The van der Waals surface area contributed by atoms with Crippen molar-refractivity contribution in [3.05, 3.63) is 86.7 Å². The van der Waals surface area contributed by atoms with Crippen LogP contribution in [0.1, 0.15) is 10.4 Å². The van der Waals surface area contributed by atoms with Crippen LogP contribution in [0.5, 0.6) is 0 Å². The predicted octanol–water partition coefficient (Wildman–Crippen LogP) is 5.53. The second kappa shape index (κ2) is 8.78. The molecule has 0 atom stereocenters. The molecule has 2 heterocycles. The van der Waals surface area contributed by atoms with E-state index in [1.54, 1.807) is 18.2 Å². The minimum atomic E-state index is -0.519. The molecule has 10 heteroatoms. The van der Waals surface area contributed by atoms with E-state index in [4.69, 9.17) is 11.6 Å². The summed E-state index contributed by atoms with van der Waals surface area (Å²) < 4.78 is 1.87. The van der Waals surface area contributed by atoms with Crippen LogP contribution in [0.4, 0.5) is 5.69 Å². The van der Waals surface area contributed by atoms with E-state index in [0.717, 1.165) is 10.6 Å². The SMILES string of the molecule is O=C(CSc1nnc(-c2cccs2)n1-c1ccc(Cl)cc1)c1cccc([N+](=O)[O-])c1. The standard InChI is InChI=1S/C20H13ClN4O3S2/c21-14-6-8-15(9-7-14)24-19(18-5-2-10-29-18)22-23-20(24)30-12-17(26)13-3-1-4-16(11-13)25(27)28/h1-11H,12H2.